The fourth-order valence-electron chi connectivity index (χ4n) is 3.98. The molecule has 3 rings (SSSR count). The van der Waals surface area contributed by atoms with Gasteiger partial charge in [-0.2, -0.15) is 0 Å². The molecule has 19 heavy (non-hydrogen) atoms. The molecule has 3 N–H and O–H groups in total. The van der Waals surface area contributed by atoms with Gasteiger partial charge in [0.25, 0.3) is 0 Å². The number of hydrogen-bond donors (Lipinski definition) is 2. The van der Waals surface area contributed by atoms with Gasteiger partial charge in [0.2, 0.25) is 0 Å². The molecule has 1 aromatic heterocycles. The van der Waals surface area contributed by atoms with Gasteiger partial charge in [-0.1, -0.05) is 18.6 Å². The number of rotatable bonds is 4. The topological polar surface area (TPSA) is 50.9 Å². The van der Waals surface area contributed by atoms with Gasteiger partial charge in [0, 0.05) is 17.8 Å². The highest BCUT2D eigenvalue weighted by atomic mass is 32.1. The lowest BCUT2D eigenvalue weighted by atomic mass is 9.84. The summed E-state index contributed by atoms with van der Waals surface area (Å²) in [7, 11) is 0. The van der Waals surface area contributed by atoms with Crippen molar-refractivity contribution in [2.45, 2.75) is 38.6 Å². The van der Waals surface area contributed by atoms with Crippen LogP contribution < -0.4 is 11.1 Å². The molecule has 2 aliphatic rings. The zero-order valence-electron chi connectivity index (χ0n) is 11.3. The van der Waals surface area contributed by atoms with E-state index in [1.165, 1.54) is 25.7 Å². The van der Waals surface area contributed by atoms with Crippen molar-refractivity contribution < 1.29 is 0 Å². The Morgan fingerprint density at radius 1 is 1.47 bits per heavy atom. The molecular formula is C15H21N3S. The summed E-state index contributed by atoms with van der Waals surface area (Å²) in [6, 6.07) is 2.35. The van der Waals surface area contributed by atoms with Crippen molar-refractivity contribution >= 4 is 22.9 Å². The summed E-state index contributed by atoms with van der Waals surface area (Å²) in [6.07, 6.45) is 9.24. The molecule has 4 heteroatoms. The third-order valence-electron chi connectivity index (χ3n) is 4.90. The van der Waals surface area contributed by atoms with E-state index >= 15 is 0 Å². The molecule has 1 heterocycles. The fraction of sp³-hybridized carbons (Fsp3) is 0.600. The number of nitrogens with zero attached hydrogens (tertiary/aromatic N) is 1. The minimum atomic E-state index is 0.435. The van der Waals surface area contributed by atoms with Gasteiger partial charge < -0.3 is 11.1 Å². The predicted molar refractivity (Wildman–Crippen MR) is 82.1 cm³/mol. The zero-order valence-corrected chi connectivity index (χ0v) is 12.1. The fourth-order valence-corrected chi connectivity index (χ4v) is 4.16. The van der Waals surface area contributed by atoms with Crippen molar-refractivity contribution in [3.63, 3.8) is 0 Å². The molecule has 102 valence electrons. The molecule has 0 aromatic carbocycles. The quantitative estimate of drug-likeness (QED) is 0.830. The summed E-state index contributed by atoms with van der Waals surface area (Å²) in [5, 5.41) is 3.59. The summed E-state index contributed by atoms with van der Waals surface area (Å²) in [6.45, 7) is 2.28. The molecule has 4 atom stereocenters. The molecule has 0 radical (unpaired) electrons. The number of pyridine rings is 1. The van der Waals surface area contributed by atoms with E-state index in [2.05, 4.69) is 17.2 Å². The van der Waals surface area contributed by atoms with Crippen molar-refractivity contribution in [3.8, 4) is 0 Å². The Bertz CT molecular complexity index is 488. The number of nitrogens with two attached hydrogens (primary N) is 1. The molecule has 0 saturated heterocycles. The number of anilines is 1. The molecule has 1 aromatic rings. The number of thiocarbonyl (C=S) groups is 1. The third-order valence-corrected chi connectivity index (χ3v) is 5.12. The van der Waals surface area contributed by atoms with Crippen LogP contribution in [0.5, 0.6) is 0 Å². The van der Waals surface area contributed by atoms with Gasteiger partial charge in [-0.05, 0) is 50.0 Å². The Hall–Kier alpha value is -1.16. The summed E-state index contributed by atoms with van der Waals surface area (Å²) >= 11 is 5.10. The molecule has 0 amide bonds. The second kappa shape index (κ2) is 5.08. The molecule has 2 fully saturated rings. The Kier molecular flexibility index (Phi) is 3.44. The average Bonchev–Trinajstić information content (AvgIpc) is 3.01. The highest BCUT2D eigenvalue weighted by Crippen LogP contribution is 2.49. The van der Waals surface area contributed by atoms with E-state index < -0.39 is 0 Å². The lowest BCUT2D eigenvalue weighted by molar-refractivity contribution is 0.304. The van der Waals surface area contributed by atoms with Crippen LogP contribution in [0.25, 0.3) is 0 Å². The van der Waals surface area contributed by atoms with Crippen LogP contribution in [0.1, 0.15) is 38.2 Å². The van der Waals surface area contributed by atoms with Gasteiger partial charge in [0.05, 0.1) is 11.9 Å². The first-order valence-corrected chi connectivity index (χ1v) is 7.56. The molecule has 4 unspecified atom stereocenters. The van der Waals surface area contributed by atoms with Gasteiger partial charge >= 0.3 is 0 Å². The Labute approximate surface area is 120 Å². The highest BCUT2D eigenvalue weighted by molar-refractivity contribution is 7.80. The van der Waals surface area contributed by atoms with E-state index in [9.17, 15) is 0 Å². The molecule has 0 aliphatic heterocycles. The van der Waals surface area contributed by atoms with E-state index in [0.717, 1.165) is 29.0 Å². The van der Waals surface area contributed by atoms with Crippen LogP contribution in [0.4, 0.5) is 5.69 Å². The van der Waals surface area contributed by atoms with E-state index in [1.54, 1.807) is 6.20 Å². The van der Waals surface area contributed by atoms with Gasteiger partial charge in [-0.25, -0.2) is 0 Å². The van der Waals surface area contributed by atoms with E-state index in [0.29, 0.717) is 11.0 Å². The van der Waals surface area contributed by atoms with Crippen molar-refractivity contribution in [2.75, 3.05) is 5.32 Å². The summed E-state index contributed by atoms with van der Waals surface area (Å²) in [4.78, 5) is 4.61. The molecular weight excluding hydrogens is 254 g/mol. The van der Waals surface area contributed by atoms with Crippen LogP contribution >= 0.6 is 12.2 Å². The zero-order chi connectivity index (χ0) is 13.4. The number of nitrogens with one attached hydrogen (secondary N) is 1. The first-order chi connectivity index (χ1) is 9.15. The monoisotopic (exact) mass is 275 g/mol. The normalized spacial score (nSPS) is 30.3. The van der Waals surface area contributed by atoms with Crippen molar-refractivity contribution in [2.24, 2.45) is 23.5 Å². The average molecular weight is 275 g/mol. The van der Waals surface area contributed by atoms with Crippen molar-refractivity contribution in [3.05, 3.63) is 24.0 Å². The molecule has 0 spiro atoms. The summed E-state index contributed by atoms with van der Waals surface area (Å²) in [5.74, 6) is 2.68. The number of aromatic nitrogens is 1. The van der Waals surface area contributed by atoms with E-state index in [4.69, 9.17) is 18.0 Å². The maximum Gasteiger partial charge on any atom is 0.106 e. The molecule has 2 aliphatic carbocycles. The second-order valence-corrected chi connectivity index (χ2v) is 6.50. The van der Waals surface area contributed by atoms with Gasteiger partial charge in [-0.15, -0.1) is 0 Å². The summed E-state index contributed by atoms with van der Waals surface area (Å²) < 4.78 is 0. The van der Waals surface area contributed by atoms with Crippen LogP contribution in [0.3, 0.4) is 0 Å². The van der Waals surface area contributed by atoms with E-state index in [1.807, 2.05) is 12.3 Å². The van der Waals surface area contributed by atoms with Gasteiger partial charge in [0.15, 0.2) is 0 Å². The number of hydrogen-bond acceptors (Lipinski definition) is 3. The molecule has 3 nitrogen and oxygen atoms in total. The minimum absolute atomic E-state index is 0.435. The largest absolute Gasteiger partial charge is 0.389 e. The van der Waals surface area contributed by atoms with Crippen molar-refractivity contribution in [1.29, 1.82) is 0 Å². The second-order valence-electron chi connectivity index (χ2n) is 6.06. The van der Waals surface area contributed by atoms with Gasteiger partial charge in [0.1, 0.15) is 4.99 Å². The standard InChI is InChI=1S/C15H21N3S/c1-9(13-7-10-2-3-11(13)6-10)18-14-8-17-5-4-12(14)15(16)19/h4-5,8-11,13,18H,2-3,6-7H2,1H3,(H2,16,19). The maximum absolute atomic E-state index is 5.77. The van der Waals surface area contributed by atoms with Crippen LogP contribution in [0.2, 0.25) is 0 Å². The Morgan fingerprint density at radius 3 is 2.95 bits per heavy atom. The highest BCUT2D eigenvalue weighted by Gasteiger charge is 2.41. The lowest BCUT2D eigenvalue weighted by Crippen LogP contribution is -2.30. The predicted octanol–water partition coefficient (Wildman–Crippen LogP) is 2.95. The van der Waals surface area contributed by atoms with Crippen LogP contribution in [-0.2, 0) is 0 Å². The Morgan fingerprint density at radius 2 is 2.32 bits per heavy atom. The number of fused-ring (bicyclic) bond motifs is 2. The first kappa shape index (κ1) is 12.9. The third kappa shape index (κ3) is 2.46. The van der Waals surface area contributed by atoms with E-state index in [-0.39, 0.29) is 0 Å². The SMILES string of the molecule is CC(Nc1cnccc1C(N)=S)C1CC2CCC1C2. The van der Waals surface area contributed by atoms with Gasteiger partial charge in [-0.3, -0.25) is 4.98 Å². The summed E-state index contributed by atoms with van der Waals surface area (Å²) in [5.41, 5.74) is 7.65. The van der Waals surface area contributed by atoms with Crippen LogP contribution in [0.15, 0.2) is 18.5 Å². The van der Waals surface area contributed by atoms with Crippen molar-refractivity contribution in [1.82, 2.24) is 4.98 Å². The molecule has 2 bridgehead atoms. The molecule has 2 saturated carbocycles. The maximum atomic E-state index is 5.77. The minimum Gasteiger partial charge on any atom is -0.389 e. The first-order valence-electron chi connectivity index (χ1n) is 7.15. The lowest BCUT2D eigenvalue weighted by Gasteiger charge is -2.29. The van der Waals surface area contributed by atoms with Crippen LogP contribution in [0, 0.1) is 17.8 Å². The smallest absolute Gasteiger partial charge is 0.106 e. The Balaban J connectivity index is 1.73. The van der Waals surface area contributed by atoms with Crippen LogP contribution in [-0.4, -0.2) is 16.0 Å².